The Kier molecular flexibility index (Phi) is 5.83. The summed E-state index contributed by atoms with van der Waals surface area (Å²) in [6.45, 7) is 0.243. The normalized spacial score (nSPS) is 10.8. The molecule has 1 N–H and O–H groups in total. The Morgan fingerprint density at radius 3 is 2.58 bits per heavy atom. The molecule has 2 aromatic rings. The van der Waals surface area contributed by atoms with Gasteiger partial charge in [0.1, 0.15) is 18.2 Å². The third-order valence-electron chi connectivity index (χ3n) is 3.18. The highest BCUT2D eigenvalue weighted by atomic mass is 35.5. The van der Waals surface area contributed by atoms with Gasteiger partial charge in [0.05, 0.1) is 7.11 Å². The van der Waals surface area contributed by atoms with E-state index in [4.69, 9.17) is 31.4 Å². The van der Waals surface area contributed by atoms with E-state index in [0.29, 0.717) is 22.1 Å². The second kappa shape index (κ2) is 8.04. The number of nitriles is 1. The average Bonchev–Trinajstić information content (AvgIpc) is 2.59. The van der Waals surface area contributed by atoms with E-state index in [-0.39, 0.29) is 12.2 Å². The predicted octanol–water partition coefficient (Wildman–Crippen LogP) is 3.92. The second-order valence-corrected chi connectivity index (χ2v) is 5.21. The third kappa shape index (κ3) is 4.28. The first-order chi connectivity index (χ1) is 11.5. The maximum Gasteiger partial charge on any atom is 0.346 e. The predicted molar refractivity (Wildman–Crippen MR) is 90.0 cm³/mol. The van der Waals surface area contributed by atoms with E-state index in [2.05, 4.69) is 0 Å². The molecular weight excluding hydrogens is 330 g/mol. The fourth-order valence-electron chi connectivity index (χ4n) is 2.00. The van der Waals surface area contributed by atoms with E-state index in [9.17, 15) is 4.79 Å². The zero-order chi connectivity index (χ0) is 17.5. The number of carboxylic acids is 1. The standard InChI is InChI=1S/C18H14ClNO4/c1-23-16-4-2-3-13(9-14(10-20)18(21)22)17(16)24-11-12-5-7-15(19)8-6-12/h2-9H,11H2,1H3,(H,21,22). The van der Waals surface area contributed by atoms with Gasteiger partial charge in [-0.3, -0.25) is 0 Å². The summed E-state index contributed by atoms with van der Waals surface area (Å²) in [7, 11) is 1.49. The zero-order valence-electron chi connectivity index (χ0n) is 12.8. The monoisotopic (exact) mass is 343 g/mol. The van der Waals surface area contributed by atoms with Crippen LogP contribution in [0.4, 0.5) is 0 Å². The van der Waals surface area contributed by atoms with Gasteiger partial charge in [-0.15, -0.1) is 0 Å². The van der Waals surface area contributed by atoms with Crippen molar-refractivity contribution in [3.8, 4) is 17.6 Å². The molecule has 0 aromatic heterocycles. The molecule has 2 rings (SSSR count). The summed E-state index contributed by atoms with van der Waals surface area (Å²) in [4.78, 5) is 11.0. The Bertz CT molecular complexity index is 807. The molecule has 0 radical (unpaired) electrons. The first kappa shape index (κ1) is 17.4. The minimum Gasteiger partial charge on any atom is -0.493 e. The van der Waals surface area contributed by atoms with Crippen LogP contribution in [0.15, 0.2) is 48.0 Å². The van der Waals surface area contributed by atoms with Crippen molar-refractivity contribution in [2.24, 2.45) is 0 Å². The van der Waals surface area contributed by atoms with Gasteiger partial charge in [0.25, 0.3) is 0 Å². The highest BCUT2D eigenvalue weighted by Crippen LogP contribution is 2.33. The van der Waals surface area contributed by atoms with E-state index in [1.54, 1.807) is 36.4 Å². The molecule has 0 spiro atoms. The molecular formula is C18H14ClNO4. The maximum atomic E-state index is 11.0. The van der Waals surface area contributed by atoms with Crippen LogP contribution in [0.25, 0.3) is 6.08 Å². The van der Waals surface area contributed by atoms with Gasteiger partial charge < -0.3 is 14.6 Å². The summed E-state index contributed by atoms with van der Waals surface area (Å²) in [5.74, 6) is -0.492. The highest BCUT2D eigenvalue weighted by molar-refractivity contribution is 6.30. The number of carboxylic acid groups (broad SMARTS) is 1. The number of nitrogens with zero attached hydrogens (tertiary/aromatic N) is 1. The second-order valence-electron chi connectivity index (χ2n) is 4.77. The largest absolute Gasteiger partial charge is 0.493 e. The van der Waals surface area contributed by atoms with Gasteiger partial charge in [-0.25, -0.2) is 4.79 Å². The summed E-state index contributed by atoms with van der Waals surface area (Å²) in [6, 6.07) is 13.8. The smallest absolute Gasteiger partial charge is 0.346 e. The Labute approximate surface area is 144 Å². The minimum absolute atomic E-state index is 0.243. The Hall–Kier alpha value is -2.97. The van der Waals surface area contributed by atoms with Crippen molar-refractivity contribution in [2.45, 2.75) is 6.61 Å². The number of para-hydroxylation sites is 1. The lowest BCUT2D eigenvalue weighted by molar-refractivity contribution is -0.132. The number of methoxy groups -OCH3 is 1. The fourth-order valence-corrected chi connectivity index (χ4v) is 2.12. The van der Waals surface area contributed by atoms with Crippen LogP contribution < -0.4 is 9.47 Å². The summed E-state index contributed by atoms with van der Waals surface area (Å²) in [6.07, 6.45) is 1.25. The number of benzene rings is 2. The first-order valence-corrected chi connectivity index (χ1v) is 7.32. The maximum absolute atomic E-state index is 11.0. The highest BCUT2D eigenvalue weighted by Gasteiger charge is 2.13. The molecule has 0 amide bonds. The molecule has 122 valence electrons. The number of aliphatic carboxylic acids is 1. The van der Waals surface area contributed by atoms with Crippen LogP contribution in [0.2, 0.25) is 5.02 Å². The summed E-state index contributed by atoms with van der Waals surface area (Å²) in [5.41, 5.74) is 0.945. The van der Waals surface area contributed by atoms with Crippen LogP contribution in [0.3, 0.4) is 0 Å². The quantitative estimate of drug-likeness (QED) is 0.635. The van der Waals surface area contributed by atoms with Crippen LogP contribution >= 0.6 is 11.6 Å². The molecule has 0 saturated heterocycles. The summed E-state index contributed by atoms with van der Waals surface area (Å²) >= 11 is 5.85. The molecule has 24 heavy (non-hydrogen) atoms. The number of rotatable bonds is 6. The fraction of sp³-hybridized carbons (Fsp3) is 0.111. The van der Waals surface area contributed by atoms with Crippen molar-refractivity contribution in [2.75, 3.05) is 7.11 Å². The summed E-state index contributed by atoms with van der Waals surface area (Å²) in [5, 5.41) is 18.6. The van der Waals surface area contributed by atoms with E-state index in [0.717, 1.165) is 5.56 Å². The van der Waals surface area contributed by atoms with Crippen molar-refractivity contribution >= 4 is 23.6 Å². The van der Waals surface area contributed by atoms with Gasteiger partial charge in [0, 0.05) is 10.6 Å². The molecule has 2 aromatic carbocycles. The SMILES string of the molecule is COc1cccc(C=C(C#N)C(=O)O)c1OCc1ccc(Cl)cc1. The van der Waals surface area contributed by atoms with Gasteiger partial charge in [0.2, 0.25) is 0 Å². The topological polar surface area (TPSA) is 79.5 Å². The lowest BCUT2D eigenvalue weighted by atomic mass is 10.1. The van der Waals surface area contributed by atoms with Gasteiger partial charge in [-0.1, -0.05) is 35.9 Å². The summed E-state index contributed by atoms with van der Waals surface area (Å²) < 4.78 is 11.1. The Morgan fingerprint density at radius 1 is 1.29 bits per heavy atom. The van der Waals surface area contributed by atoms with Crippen molar-refractivity contribution in [1.29, 1.82) is 5.26 Å². The lowest BCUT2D eigenvalue weighted by Crippen LogP contribution is -2.01. The van der Waals surface area contributed by atoms with Crippen molar-refractivity contribution in [1.82, 2.24) is 0 Å². The molecule has 0 heterocycles. The number of halogens is 1. The van der Waals surface area contributed by atoms with Crippen molar-refractivity contribution in [3.63, 3.8) is 0 Å². The molecule has 0 bridgehead atoms. The molecule has 0 saturated carbocycles. The van der Waals surface area contributed by atoms with Crippen LogP contribution in [-0.4, -0.2) is 18.2 Å². The Morgan fingerprint density at radius 2 is 2.00 bits per heavy atom. The number of carbonyl (C=O) groups is 1. The lowest BCUT2D eigenvalue weighted by Gasteiger charge is -2.13. The van der Waals surface area contributed by atoms with E-state index in [1.807, 2.05) is 12.1 Å². The number of hydrogen-bond acceptors (Lipinski definition) is 4. The van der Waals surface area contributed by atoms with Gasteiger partial charge in [-0.05, 0) is 29.8 Å². The van der Waals surface area contributed by atoms with Gasteiger partial charge in [0.15, 0.2) is 11.5 Å². The molecule has 6 heteroatoms. The van der Waals surface area contributed by atoms with Crippen LogP contribution in [0.1, 0.15) is 11.1 Å². The van der Waals surface area contributed by atoms with Gasteiger partial charge in [-0.2, -0.15) is 5.26 Å². The molecule has 0 aliphatic rings. The zero-order valence-corrected chi connectivity index (χ0v) is 13.6. The third-order valence-corrected chi connectivity index (χ3v) is 3.43. The van der Waals surface area contributed by atoms with E-state index < -0.39 is 5.97 Å². The van der Waals surface area contributed by atoms with Crippen LogP contribution in [0.5, 0.6) is 11.5 Å². The minimum atomic E-state index is -1.30. The molecule has 0 atom stereocenters. The molecule has 0 fully saturated rings. The first-order valence-electron chi connectivity index (χ1n) is 6.94. The Balaban J connectivity index is 2.35. The molecule has 0 aliphatic carbocycles. The number of ether oxygens (including phenoxy) is 2. The van der Waals surface area contributed by atoms with Crippen molar-refractivity contribution < 1.29 is 19.4 Å². The van der Waals surface area contributed by atoms with Crippen LogP contribution in [-0.2, 0) is 11.4 Å². The van der Waals surface area contributed by atoms with E-state index >= 15 is 0 Å². The average molecular weight is 344 g/mol. The molecule has 0 unspecified atom stereocenters. The van der Waals surface area contributed by atoms with E-state index in [1.165, 1.54) is 13.2 Å². The van der Waals surface area contributed by atoms with Crippen molar-refractivity contribution in [3.05, 3.63) is 64.2 Å². The van der Waals surface area contributed by atoms with Gasteiger partial charge >= 0.3 is 5.97 Å². The van der Waals surface area contributed by atoms with Crippen LogP contribution in [0, 0.1) is 11.3 Å². The molecule has 0 aliphatic heterocycles. The molecule has 5 nitrogen and oxygen atoms in total. The number of hydrogen-bond donors (Lipinski definition) is 1.